The molecule has 6 heteroatoms. The Kier molecular flexibility index (Phi) is 4.45. The van der Waals surface area contributed by atoms with E-state index in [9.17, 15) is 20.0 Å². The van der Waals surface area contributed by atoms with Crippen molar-refractivity contribution in [1.29, 1.82) is 0 Å². The molecular weight excluding hydrogens is 272 g/mol. The largest absolute Gasteiger partial charge is 0.478 e. The third-order valence-electron chi connectivity index (χ3n) is 4.37. The van der Waals surface area contributed by atoms with Gasteiger partial charge in [-0.3, -0.25) is 10.1 Å². The van der Waals surface area contributed by atoms with E-state index in [1.54, 1.807) is 0 Å². The van der Waals surface area contributed by atoms with Gasteiger partial charge in [-0.25, -0.2) is 4.79 Å². The van der Waals surface area contributed by atoms with Gasteiger partial charge in [0.1, 0.15) is 0 Å². The minimum absolute atomic E-state index is 0.0784. The van der Waals surface area contributed by atoms with E-state index in [0.29, 0.717) is 11.6 Å². The molecule has 0 spiro atoms. The molecule has 114 valence electrons. The predicted octanol–water partition coefficient (Wildman–Crippen LogP) is 3.31. The molecule has 2 atom stereocenters. The van der Waals surface area contributed by atoms with Crippen molar-refractivity contribution in [2.45, 2.75) is 38.6 Å². The fraction of sp³-hybridized carbons (Fsp3) is 0.533. The van der Waals surface area contributed by atoms with E-state index in [1.165, 1.54) is 24.6 Å². The van der Waals surface area contributed by atoms with Crippen LogP contribution in [0.5, 0.6) is 0 Å². The molecule has 1 fully saturated rings. The molecule has 0 saturated heterocycles. The molecule has 1 saturated carbocycles. The van der Waals surface area contributed by atoms with Gasteiger partial charge >= 0.3 is 5.97 Å². The topological polar surface area (TPSA) is 83.7 Å². The number of carboxylic acid groups (broad SMARTS) is 1. The second kappa shape index (κ2) is 6.11. The third kappa shape index (κ3) is 3.15. The van der Waals surface area contributed by atoms with Crippen LogP contribution >= 0.6 is 0 Å². The highest BCUT2D eigenvalue weighted by atomic mass is 16.6. The molecule has 0 radical (unpaired) electrons. The molecule has 2 rings (SSSR count). The van der Waals surface area contributed by atoms with Gasteiger partial charge in [-0.15, -0.1) is 0 Å². The van der Waals surface area contributed by atoms with Gasteiger partial charge in [0.2, 0.25) is 0 Å². The summed E-state index contributed by atoms with van der Waals surface area (Å²) in [5.74, 6) is -0.611. The van der Waals surface area contributed by atoms with E-state index in [4.69, 9.17) is 0 Å². The Labute approximate surface area is 123 Å². The molecule has 1 aliphatic carbocycles. The zero-order valence-corrected chi connectivity index (χ0v) is 12.3. The van der Waals surface area contributed by atoms with Gasteiger partial charge in [0.25, 0.3) is 5.69 Å². The molecule has 0 amide bonds. The van der Waals surface area contributed by atoms with Crippen molar-refractivity contribution in [2.24, 2.45) is 5.92 Å². The lowest BCUT2D eigenvalue weighted by Gasteiger charge is -2.38. The fourth-order valence-electron chi connectivity index (χ4n) is 3.16. The first kappa shape index (κ1) is 15.3. The minimum atomic E-state index is -1.06. The van der Waals surface area contributed by atoms with Crippen LogP contribution in [0, 0.1) is 16.0 Å². The number of rotatable bonds is 4. The van der Waals surface area contributed by atoms with E-state index in [1.807, 2.05) is 11.9 Å². The lowest BCUT2D eigenvalue weighted by Crippen LogP contribution is -2.39. The highest BCUT2D eigenvalue weighted by Crippen LogP contribution is 2.33. The maximum absolute atomic E-state index is 11.4. The smallest absolute Gasteiger partial charge is 0.337 e. The van der Waals surface area contributed by atoms with E-state index in [-0.39, 0.29) is 17.3 Å². The van der Waals surface area contributed by atoms with Crippen molar-refractivity contribution >= 4 is 17.3 Å². The summed E-state index contributed by atoms with van der Waals surface area (Å²) in [6.07, 6.45) is 4.38. The molecule has 0 bridgehead atoms. The van der Waals surface area contributed by atoms with E-state index < -0.39 is 10.9 Å². The highest BCUT2D eigenvalue weighted by molar-refractivity contribution is 5.95. The van der Waals surface area contributed by atoms with Crippen LogP contribution in [0.3, 0.4) is 0 Å². The van der Waals surface area contributed by atoms with E-state index >= 15 is 0 Å². The van der Waals surface area contributed by atoms with Crippen LogP contribution in [0.25, 0.3) is 0 Å². The first-order valence-corrected chi connectivity index (χ1v) is 7.16. The molecular formula is C15H20N2O4. The second-order valence-electron chi connectivity index (χ2n) is 5.70. The lowest BCUT2D eigenvalue weighted by molar-refractivity contribution is -0.384. The number of nitro benzene ring substituents is 1. The monoisotopic (exact) mass is 292 g/mol. The number of nitro groups is 1. The van der Waals surface area contributed by atoms with Crippen LogP contribution < -0.4 is 4.90 Å². The third-order valence-corrected chi connectivity index (χ3v) is 4.37. The van der Waals surface area contributed by atoms with Crippen molar-refractivity contribution in [3.63, 3.8) is 0 Å². The van der Waals surface area contributed by atoms with Crippen LogP contribution in [-0.2, 0) is 0 Å². The Hall–Kier alpha value is -2.11. The molecule has 1 aromatic carbocycles. The zero-order valence-electron chi connectivity index (χ0n) is 12.3. The summed E-state index contributed by atoms with van der Waals surface area (Å²) < 4.78 is 0. The Morgan fingerprint density at radius 1 is 1.38 bits per heavy atom. The Morgan fingerprint density at radius 2 is 2.05 bits per heavy atom. The number of carbonyl (C=O) groups is 1. The molecule has 1 N–H and O–H groups in total. The average molecular weight is 292 g/mol. The number of nitrogens with zero attached hydrogens (tertiary/aromatic N) is 2. The van der Waals surface area contributed by atoms with E-state index in [0.717, 1.165) is 19.3 Å². The van der Waals surface area contributed by atoms with Crippen molar-refractivity contribution < 1.29 is 14.8 Å². The maximum atomic E-state index is 11.4. The van der Waals surface area contributed by atoms with Gasteiger partial charge in [-0.05, 0) is 24.8 Å². The quantitative estimate of drug-likeness (QED) is 0.680. The van der Waals surface area contributed by atoms with Crippen molar-refractivity contribution in [3.05, 3.63) is 33.9 Å². The summed E-state index contributed by atoms with van der Waals surface area (Å²) in [4.78, 5) is 23.7. The van der Waals surface area contributed by atoms with Gasteiger partial charge in [0.15, 0.2) is 0 Å². The predicted molar refractivity (Wildman–Crippen MR) is 79.9 cm³/mol. The van der Waals surface area contributed by atoms with E-state index in [2.05, 4.69) is 6.92 Å². The first-order chi connectivity index (χ1) is 9.91. The number of hydrogen-bond acceptors (Lipinski definition) is 4. The van der Waals surface area contributed by atoms with Crippen molar-refractivity contribution in [2.75, 3.05) is 11.9 Å². The van der Waals surface area contributed by atoms with Crippen molar-refractivity contribution in [1.82, 2.24) is 0 Å². The molecule has 1 aromatic rings. The number of carboxylic acids is 1. The Balaban J connectivity index is 2.41. The summed E-state index contributed by atoms with van der Waals surface area (Å²) in [6, 6.07) is 4.15. The molecule has 0 heterocycles. The molecule has 0 aromatic heterocycles. The normalized spacial score (nSPS) is 21.8. The first-order valence-electron chi connectivity index (χ1n) is 7.16. The Bertz CT molecular complexity index is 559. The molecule has 0 aliphatic heterocycles. The van der Waals surface area contributed by atoms with Gasteiger partial charge in [0, 0.05) is 25.2 Å². The standard InChI is InChI=1S/C15H20N2O4/c1-10-5-3-4-6-13(10)16(2)14-9-11(17(20)21)7-8-12(14)15(18)19/h7-10,13H,3-6H2,1-2H3,(H,18,19). The average Bonchev–Trinajstić information content (AvgIpc) is 2.46. The summed E-state index contributed by atoms with van der Waals surface area (Å²) in [5, 5.41) is 20.2. The van der Waals surface area contributed by atoms with Crippen LogP contribution in [0.2, 0.25) is 0 Å². The van der Waals surface area contributed by atoms with Gasteiger partial charge < -0.3 is 10.0 Å². The number of non-ortho nitro benzene ring substituents is 1. The summed E-state index contributed by atoms with van der Waals surface area (Å²) >= 11 is 0. The molecule has 21 heavy (non-hydrogen) atoms. The van der Waals surface area contributed by atoms with Gasteiger partial charge in [0.05, 0.1) is 16.2 Å². The van der Waals surface area contributed by atoms with Crippen LogP contribution in [0.15, 0.2) is 18.2 Å². The Morgan fingerprint density at radius 3 is 2.62 bits per heavy atom. The van der Waals surface area contributed by atoms with Crippen molar-refractivity contribution in [3.8, 4) is 0 Å². The number of aromatic carboxylic acids is 1. The summed E-state index contributed by atoms with van der Waals surface area (Å²) in [6.45, 7) is 2.15. The number of benzene rings is 1. The highest BCUT2D eigenvalue weighted by Gasteiger charge is 2.28. The summed E-state index contributed by atoms with van der Waals surface area (Å²) in [7, 11) is 1.83. The van der Waals surface area contributed by atoms with Gasteiger partial charge in [-0.1, -0.05) is 19.8 Å². The van der Waals surface area contributed by atoms with Crippen LogP contribution in [-0.4, -0.2) is 29.1 Å². The molecule has 2 unspecified atom stereocenters. The maximum Gasteiger partial charge on any atom is 0.337 e. The van der Waals surface area contributed by atoms with Crippen LogP contribution in [0.4, 0.5) is 11.4 Å². The number of hydrogen-bond donors (Lipinski definition) is 1. The lowest BCUT2D eigenvalue weighted by atomic mass is 9.84. The van der Waals surface area contributed by atoms with Crippen LogP contribution in [0.1, 0.15) is 43.0 Å². The second-order valence-corrected chi connectivity index (χ2v) is 5.70. The number of anilines is 1. The fourth-order valence-corrected chi connectivity index (χ4v) is 3.16. The van der Waals surface area contributed by atoms with Gasteiger partial charge in [-0.2, -0.15) is 0 Å². The summed E-state index contributed by atoms with van der Waals surface area (Å²) in [5.41, 5.74) is 0.460. The zero-order chi connectivity index (χ0) is 15.6. The SMILES string of the molecule is CC1CCCCC1N(C)c1cc([N+](=O)[O-])ccc1C(=O)O. The molecule has 6 nitrogen and oxygen atoms in total. The molecule has 1 aliphatic rings. The minimum Gasteiger partial charge on any atom is -0.478 e.